The van der Waals surface area contributed by atoms with Crippen LogP contribution in [0.1, 0.15) is 40.8 Å². The van der Waals surface area contributed by atoms with Crippen molar-refractivity contribution in [2.24, 2.45) is 0 Å². The number of methoxy groups -OCH3 is 1. The van der Waals surface area contributed by atoms with Crippen LogP contribution in [0.2, 0.25) is 0 Å². The van der Waals surface area contributed by atoms with Gasteiger partial charge in [0.15, 0.2) is 0 Å². The Labute approximate surface area is 208 Å². The molecule has 0 spiro atoms. The topological polar surface area (TPSA) is 81.1 Å². The van der Waals surface area contributed by atoms with Crippen molar-refractivity contribution in [1.29, 1.82) is 0 Å². The van der Waals surface area contributed by atoms with Gasteiger partial charge in [-0.1, -0.05) is 60.2 Å². The van der Waals surface area contributed by atoms with E-state index in [1.807, 2.05) is 31.2 Å². The molecule has 1 aliphatic heterocycles. The molecule has 0 bridgehead atoms. The highest BCUT2D eigenvalue weighted by Gasteiger charge is 2.31. The van der Waals surface area contributed by atoms with Crippen LogP contribution in [-0.2, 0) is 4.79 Å². The fourth-order valence-corrected chi connectivity index (χ4v) is 4.33. The standard InChI is InChI=1S/C28H26FN5O2/c1-18-7-9-19(10-8-18)23-17-24(20-11-14-22(29)15-12-20)34-28(30-23)32-27(33-34)31-26(35)16-13-21-5-3-4-6-25(21)36-2/h3-16,23-24H,17H2,1-2H3,(H2,30,31,32,33,35)/b16-13+. The minimum Gasteiger partial charge on any atom is -0.496 e. The SMILES string of the molecule is COc1ccccc1/C=C/C(=O)Nc1nc2n(n1)C(c1ccc(F)cc1)CC(c1ccc(C)cc1)N2. The van der Waals surface area contributed by atoms with Gasteiger partial charge in [-0.3, -0.25) is 10.1 Å². The molecule has 1 amide bonds. The Morgan fingerprint density at radius 3 is 2.56 bits per heavy atom. The van der Waals surface area contributed by atoms with Crippen molar-refractivity contribution in [1.82, 2.24) is 14.8 Å². The molecule has 8 heteroatoms. The fourth-order valence-electron chi connectivity index (χ4n) is 4.33. The smallest absolute Gasteiger partial charge is 0.250 e. The number of amides is 1. The largest absolute Gasteiger partial charge is 0.496 e. The Kier molecular flexibility index (Phi) is 6.49. The third-order valence-electron chi connectivity index (χ3n) is 6.21. The number of aryl methyl sites for hydroxylation is 1. The second kappa shape index (κ2) is 10.0. The summed E-state index contributed by atoms with van der Waals surface area (Å²) in [6, 6.07) is 22.0. The number of aromatic nitrogens is 3. The van der Waals surface area contributed by atoms with Gasteiger partial charge in [0.2, 0.25) is 5.95 Å². The fraction of sp³-hybridized carbons (Fsp3) is 0.179. The normalized spacial score (nSPS) is 16.9. The highest BCUT2D eigenvalue weighted by Crippen LogP contribution is 2.38. The second-order valence-corrected chi connectivity index (χ2v) is 8.68. The van der Waals surface area contributed by atoms with E-state index >= 15 is 0 Å². The van der Waals surface area contributed by atoms with E-state index in [1.54, 1.807) is 30.0 Å². The van der Waals surface area contributed by atoms with Gasteiger partial charge in [-0.15, -0.1) is 5.10 Å². The van der Waals surface area contributed by atoms with Crippen LogP contribution in [0, 0.1) is 12.7 Å². The molecule has 7 nitrogen and oxygen atoms in total. The maximum atomic E-state index is 13.6. The first-order valence-corrected chi connectivity index (χ1v) is 11.7. The third kappa shape index (κ3) is 4.98. The lowest BCUT2D eigenvalue weighted by atomic mass is 9.93. The number of benzene rings is 3. The summed E-state index contributed by atoms with van der Waals surface area (Å²) >= 11 is 0. The maximum absolute atomic E-state index is 13.6. The third-order valence-corrected chi connectivity index (χ3v) is 6.21. The lowest BCUT2D eigenvalue weighted by Gasteiger charge is -2.31. The molecular formula is C28H26FN5O2. The van der Waals surface area contributed by atoms with E-state index in [0.29, 0.717) is 18.1 Å². The molecule has 2 heterocycles. The molecule has 3 aromatic carbocycles. The summed E-state index contributed by atoms with van der Waals surface area (Å²) in [5, 5.41) is 10.7. The Balaban J connectivity index is 1.41. The Hall–Kier alpha value is -4.46. The van der Waals surface area contributed by atoms with Crippen molar-refractivity contribution in [3.05, 3.63) is 107 Å². The number of carbonyl (C=O) groups is 1. The predicted octanol–water partition coefficient (Wildman–Crippen LogP) is 5.53. The molecule has 0 radical (unpaired) electrons. The molecule has 0 saturated heterocycles. The number of nitrogens with zero attached hydrogens (tertiary/aromatic N) is 3. The molecule has 4 aromatic rings. The van der Waals surface area contributed by atoms with E-state index in [9.17, 15) is 9.18 Å². The van der Waals surface area contributed by atoms with Gasteiger partial charge in [0.05, 0.1) is 19.2 Å². The Bertz CT molecular complexity index is 1400. The van der Waals surface area contributed by atoms with E-state index in [-0.39, 0.29) is 29.8 Å². The van der Waals surface area contributed by atoms with Gasteiger partial charge in [0.25, 0.3) is 11.9 Å². The summed E-state index contributed by atoms with van der Waals surface area (Å²) in [6.07, 6.45) is 3.78. The first-order valence-electron chi connectivity index (χ1n) is 11.7. The summed E-state index contributed by atoms with van der Waals surface area (Å²) in [7, 11) is 1.58. The van der Waals surface area contributed by atoms with Crippen LogP contribution in [0.15, 0.2) is 78.9 Å². The number of anilines is 2. The van der Waals surface area contributed by atoms with Gasteiger partial charge in [-0.05, 0) is 48.7 Å². The molecule has 2 unspecified atom stereocenters. The molecule has 2 N–H and O–H groups in total. The molecule has 0 fully saturated rings. The molecule has 5 rings (SSSR count). The summed E-state index contributed by atoms with van der Waals surface area (Å²) in [5.74, 6) is 0.730. The highest BCUT2D eigenvalue weighted by molar-refractivity contribution is 6.01. The number of fused-ring (bicyclic) bond motifs is 1. The van der Waals surface area contributed by atoms with Crippen molar-refractivity contribution in [3.63, 3.8) is 0 Å². The maximum Gasteiger partial charge on any atom is 0.250 e. The monoisotopic (exact) mass is 483 g/mol. The Morgan fingerprint density at radius 1 is 1.08 bits per heavy atom. The average Bonchev–Trinajstić information content (AvgIpc) is 3.30. The number of para-hydroxylation sites is 1. The molecule has 2 atom stereocenters. The summed E-state index contributed by atoms with van der Waals surface area (Å²) in [6.45, 7) is 2.05. The molecule has 1 aromatic heterocycles. The molecule has 0 aliphatic carbocycles. The zero-order valence-electron chi connectivity index (χ0n) is 20.0. The molecule has 0 saturated carbocycles. The van der Waals surface area contributed by atoms with Gasteiger partial charge >= 0.3 is 0 Å². The summed E-state index contributed by atoms with van der Waals surface area (Å²) in [5.41, 5.74) is 3.99. The minimum absolute atomic E-state index is 0.0219. The van der Waals surface area contributed by atoms with Crippen LogP contribution >= 0.6 is 0 Å². The zero-order chi connectivity index (χ0) is 25.1. The van der Waals surface area contributed by atoms with Gasteiger partial charge in [-0.25, -0.2) is 9.07 Å². The highest BCUT2D eigenvalue weighted by atomic mass is 19.1. The minimum atomic E-state index is -0.364. The molecule has 182 valence electrons. The average molecular weight is 484 g/mol. The quantitative estimate of drug-likeness (QED) is 0.352. The lowest BCUT2D eigenvalue weighted by molar-refractivity contribution is -0.111. The molecular weight excluding hydrogens is 457 g/mol. The van der Waals surface area contributed by atoms with Crippen LogP contribution in [0.4, 0.5) is 16.3 Å². The van der Waals surface area contributed by atoms with Crippen molar-refractivity contribution in [3.8, 4) is 5.75 Å². The van der Waals surface area contributed by atoms with Crippen LogP contribution in [0.3, 0.4) is 0 Å². The van der Waals surface area contributed by atoms with Crippen molar-refractivity contribution in [2.75, 3.05) is 17.7 Å². The number of hydrogen-bond acceptors (Lipinski definition) is 5. The van der Waals surface area contributed by atoms with E-state index < -0.39 is 0 Å². The lowest BCUT2D eigenvalue weighted by Crippen LogP contribution is -2.28. The van der Waals surface area contributed by atoms with Crippen LogP contribution in [0.25, 0.3) is 6.08 Å². The number of rotatable bonds is 6. The van der Waals surface area contributed by atoms with E-state index in [4.69, 9.17) is 4.74 Å². The zero-order valence-corrected chi connectivity index (χ0v) is 20.0. The Morgan fingerprint density at radius 2 is 1.81 bits per heavy atom. The summed E-state index contributed by atoms with van der Waals surface area (Å²) in [4.78, 5) is 17.2. The number of hydrogen-bond donors (Lipinski definition) is 2. The van der Waals surface area contributed by atoms with Gasteiger partial charge in [-0.2, -0.15) is 4.98 Å². The predicted molar refractivity (Wildman–Crippen MR) is 137 cm³/mol. The van der Waals surface area contributed by atoms with Gasteiger partial charge < -0.3 is 10.1 Å². The number of ether oxygens (including phenoxy) is 1. The first-order chi connectivity index (χ1) is 17.5. The van der Waals surface area contributed by atoms with Crippen LogP contribution in [0.5, 0.6) is 5.75 Å². The van der Waals surface area contributed by atoms with E-state index in [2.05, 4.69) is 45.0 Å². The van der Waals surface area contributed by atoms with E-state index in [0.717, 1.165) is 16.7 Å². The number of halogens is 1. The van der Waals surface area contributed by atoms with Crippen molar-refractivity contribution < 1.29 is 13.9 Å². The van der Waals surface area contributed by atoms with Gasteiger partial charge in [0.1, 0.15) is 11.6 Å². The molecule has 36 heavy (non-hydrogen) atoms. The second-order valence-electron chi connectivity index (χ2n) is 8.68. The van der Waals surface area contributed by atoms with Gasteiger partial charge in [0, 0.05) is 11.6 Å². The first kappa shape index (κ1) is 23.3. The summed E-state index contributed by atoms with van der Waals surface area (Å²) < 4.78 is 20.7. The van der Waals surface area contributed by atoms with E-state index in [1.165, 1.54) is 23.8 Å². The van der Waals surface area contributed by atoms with Crippen LogP contribution < -0.4 is 15.4 Å². The van der Waals surface area contributed by atoms with Crippen LogP contribution in [-0.4, -0.2) is 27.8 Å². The van der Waals surface area contributed by atoms with Crippen molar-refractivity contribution >= 4 is 23.9 Å². The number of nitrogens with one attached hydrogen (secondary N) is 2. The van der Waals surface area contributed by atoms with Crippen molar-refractivity contribution in [2.45, 2.75) is 25.4 Å². The number of carbonyl (C=O) groups excluding carboxylic acids is 1. The molecule has 1 aliphatic rings.